The molecule has 82 valence electrons. The molecule has 0 aliphatic rings. The zero-order valence-electron chi connectivity index (χ0n) is 8.36. The Morgan fingerprint density at radius 2 is 2.47 bits per heavy atom. The van der Waals surface area contributed by atoms with Crippen molar-refractivity contribution in [3.05, 3.63) is 24.7 Å². The molecule has 6 heteroatoms. The number of anilines is 1. The van der Waals surface area contributed by atoms with Gasteiger partial charge in [-0.1, -0.05) is 12.7 Å². The second kappa shape index (κ2) is 5.92. The molecule has 0 saturated heterocycles. The number of hydrogen-bond acceptors (Lipinski definition) is 5. The molecule has 0 amide bonds. The lowest BCUT2D eigenvalue weighted by molar-refractivity contribution is 0.206. The van der Waals surface area contributed by atoms with E-state index in [1.54, 1.807) is 13.0 Å². The average Bonchev–Trinajstić information content (AvgIpc) is 2.26. The van der Waals surface area contributed by atoms with E-state index in [4.69, 9.17) is 9.57 Å². The summed E-state index contributed by atoms with van der Waals surface area (Å²) < 4.78 is 18.1. The van der Waals surface area contributed by atoms with Crippen LogP contribution in [0.5, 0.6) is 6.01 Å². The van der Waals surface area contributed by atoms with E-state index >= 15 is 0 Å². The van der Waals surface area contributed by atoms with Crippen LogP contribution in [0.2, 0.25) is 0 Å². The van der Waals surface area contributed by atoms with Crippen LogP contribution in [0.3, 0.4) is 0 Å². The van der Waals surface area contributed by atoms with E-state index in [1.165, 1.54) is 0 Å². The minimum Gasteiger partial charge on any atom is -0.459 e. The van der Waals surface area contributed by atoms with Crippen molar-refractivity contribution in [1.82, 2.24) is 9.97 Å². The Kier molecular flexibility index (Phi) is 4.49. The molecule has 0 radical (unpaired) electrons. The van der Waals surface area contributed by atoms with Gasteiger partial charge in [0.05, 0.1) is 12.8 Å². The zero-order valence-corrected chi connectivity index (χ0v) is 8.36. The third-order valence-electron chi connectivity index (χ3n) is 1.37. The number of rotatable bonds is 6. The molecule has 0 aliphatic carbocycles. The van der Waals surface area contributed by atoms with Crippen LogP contribution in [0, 0.1) is 5.82 Å². The van der Waals surface area contributed by atoms with Crippen LogP contribution in [0.4, 0.5) is 10.2 Å². The van der Waals surface area contributed by atoms with Gasteiger partial charge in [-0.3, -0.25) is 4.84 Å². The largest absolute Gasteiger partial charge is 0.459 e. The Balaban J connectivity index is 2.70. The molecule has 0 saturated carbocycles. The van der Waals surface area contributed by atoms with Gasteiger partial charge in [0.15, 0.2) is 11.6 Å². The molecule has 0 fully saturated rings. The van der Waals surface area contributed by atoms with Crippen molar-refractivity contribution in [3.8, 4) is 6.01 Å². The quantitative estimate of drug-likeness (QED) is 0.573. The highest BCUT2D eigenvalue weighted by Gasteiger charge is 2.06. The van der Waals surface area contributed by atoms with Crippen molar-refractivity contribution >= 4 is 5.82 Å². The second-order valence-corrected chi connectivity index (χ2v) is 2.48. The van der Waals surface area contributed by atoms with Crippen molar-refractivity contribution in [3.63, 3.8) is 0 Å². The van der Waals surface area contributed by atoms with Crippen molar-refractivity contribution in [2.24, 2.45) is 0 Å². The van der Waals surface area contributed by atoms with Crippen molar-refractivity contribution in [1.29, 1.82) is 0 Å². The van der Waals surface area contributed by atoms with Gasteiger partial charge in [0.2, 0.25) is 0 Å². The SMILES string of the molecule is C=CCOc1ncc(F)c(NOCC)n1. The summed E-state index contributed by atoms with van der Waals surface area (Å²) in [5.41, 5.74) is 2.35. The Bertz CT molecular complexity index is 333. The summed E-state index contributed by atoms with van der Waals surface area (Å²) in [6, 6.07) is 0.0681. The maximum atomic E-state index is 13.1. The van der Waals surface area contributed by atoms with E-state index in [0.29, 0.717) is 6.61 Å². The highest BCUT2D eigenvalue weighted by atomic mass is 19.1. The summed E-state index contributed by atoms with van der Waals surface area (Å²) >= 11 is 0. The lowest BCUT2D eigenvalue weighted by atomic mass is 10.6. The third-order valence-corrected chi connectivity index (χ3v) is 1.37. The molecule has 0 spiro atoms. The summed E-state index contributed by atoms with van der Waals surface area (Å²) in [6.07, 6.45) is 2.55. The maximum absolute atomic E-state index is 13.1. The fraction of sp³-hybridized carbons (Fsp3) is 0.333. The first-order valence-electron chi connectivity index (χ1n) is 4.42. The van der Waals surface area contributed by atoms with Gasteiger partial charge in [-0.25, -0.2) is 14.9 Å². The Labute approximate surface area is 86.9 Å². The van der Waals surface area contributed by atoms with E-state index in [2.05, 4.69) is 22.0 Å². The number of ether oxygens (including phenoxy) is 1. The summed E-state index contributed by atoms with van der Waals surface area (Å²) in [7, 11) is 0. The molecule has 1 heterocycles. The monoisotopic (exact) mass is 213 g/mol. The molecule has 1 aromatic heterocycles. The standard InChI is InChI=1S/C9H12FN3O2/c1-3-5-14-9-11-6-7(10)8(12-9)13-15-4-2/h3,6H,1,4-5H2,2H3,(H,11,12,13). The lowest BCUT2D eigenvalue weighted by Gasteiger charge is -2.06. The first-order chi connectivity index (χ1) is 7.27. The Hall–Kier alpha value is -1.69. The van der Waals surface area contributed by atoms with Crippen molar-refractivity contribution < 1.29 is 14.0 Å². The molecule has 0 aromatic carbocycles. The van der Waals surface area contributed by atoms with E-state index in [0.717, 1.165) is 6.20 Å². The van der Waals surface area contributed by atoms with E-state index in [1.807, 2.05) is 0 Å². The molecule has 0 bridgehead atoms. The number of hydrogen-bond donors (Lipinski definition) is 1. The summed E-state index contributed by atoms with van der Waals surface area (Å²) in [4.78, 5) is 12.2. The van der Waals surface area contributed by atoms with Gasteiger partial charge >= 0.3 is 6.01 Å². The summed E-state index contributed by atoms with van der Waals surface area (Å²) in [5.74, 6) is -0.652. The van der Waals surface area contributed by atoms with Gasteiger partial charge in [0, 0.05) is 0 Å². The normalized spacial score (nSPS) is 9.73. The van der Waals surface area contributed by atoms with Crippen LogP contribution in [0.15, 0.2) is 18.9 Å². The molecule has 0 atom stereocenters. The number of aromatic nitrogens is 2. The molecular weight excluding hydrogens is 201 g/mol. The predicted molar refractivity (Wildman–Crippen MR) is 52.9 cm³/mol. The molecular formula is C9H12FN3O2. The Morgan fingerprint density at radius 3 is 3.13 bits per heavy atom. The summed E-state index contributed by atoms with van der Waals surface area (Å²) in [6.45, 7) is 5.89. The van der Waals surface area contributed by atoms with Crippen molar-refractivity contribution in [2.75, 3.05) is 18.7 Å². The van der Waals surface area contributed by atoms with Crippen LogP contribution < -0.4 is 10.2 Å². The molecule has 1 N–H and O–H groups in total. The van der Waals surface area contributed by atoms with Gasteiger partial charge in [-0.2, -0.15) is 4.98 Å². The Morgan fingerprint density at radius 1 is 1.67 bits per heavy atom. The topological polar surface area (TPSA) is 56.3 Å². The van der Waals surface area contributed by atoms with Gasteiger partial charge < -0.3 is 4.74 Å². The first kappa shape index (κ1) is 11.4. The van der Waals surface area contributed by atoms with E-state index < -0.39 is 5.82 Å². The molecule has 0 unspecified atom stereocenters. The molecule has 0 aliphatic heterocycles. The second-order valence-electron chi connectivity index (χ2n) is 2.48. The minimum atomic E-state index is -0.602. The molecule has 1 rings (SSSR count). The van der Waals surface area contributed by atoms with Gasteiger partial charge in [0.25, 0.3) is 0 Å². The number of halogens is 1. The fourth-order valence-corrected chi connectivity index (χ4v) is 0.766. The predicted octanol–water partition coefficient (Wildman–Crippen LogP) is 1.54. The smallest absolute Gasteiger partial charge is 0.318 e. The third kappa shape index (κ3) is 3.51. The average molecular weight is 213 g/mol. The van der Waals surface area contributed by atoms with Crippen LogP contribution in [-0.2, 0) is 4.84 Å². The number of nitrogens with zero attached hydrogens (tertiary/aromatic N) is 2. The van der Waals surface area contributed by atoms with Crippen molar-refractivity contribution in [2.45, 2.75) is 6.92 Å². The summed E-state index contributed by atoms with van der Waals surface area (Å²) in [5, 5.41) is 0. The maximum Gasteiger partial charge on any atom is 0.318 e. The van der Waals surface area contributed by atoms with E-state index in [-0.39, 0.29) is 18.4 Å². The molecule has 5 nitrogen and oxygen atoms in total. The zero-order chi connectivity index (χ0) is 11.1. The van der Waals surface area contributed by atoms with Crippen LogP contribution >= 0.6 is 0 Å². The van der Waals surface area contributed by atoms with Gasteiger partial charge in [-0.05, 0) is 6.92 Å². The number of nitrogens with one attached hydrogen (secondary N) is 1. The highest BCUT2D eigenvalue weighted by molar-refractivity contribution is 5.33. The molecule has 1 aromatic rings. The van der Waals surface area contributed by atoms with Gasteiger partial charge in [0.1, 0.15) is 6.61 Å². The van der Waals surface area contributed by atoms with Crippen LogP contribution in [0.1, 0.15) is 6.92 Å². The minimum absolute atomic E-state index is 0.0501. The lowest BCUT2D eigenvalue weighted by Crippen LogP contribution is -2.07. The van der Waals surface area contributed by atoms with Gasteiger partial charge in [-0.15, -0.1) is 0 Å². The van der Waals surface area contributed by atoms with E-state index in [9.17, 15) is 4.39 Å². The van der Waals surface area contributed by atoms with Crippen LogP contribution in [0.25, 0.3) is 0 Å². The first-order valence-corrected chi connectivity index (χ1v) is 4.42. The molecule has 15 heavy (non-hydrogen) atoms. The highest BCUT2D eigenvalue weighted by Crippen LogP contribution is 2.12. The fourth-order valence-electron chi connectivity index (χ4n) is 0.766. The van der Waals surface area contributed by atoms with Crippen LogP contribution in [-0.4, -0.2) is 23.2 Å².